The Hall–Kier alpha value is -2.39. The van der Waals surface area contributed by atoms with Crippen LogP contribution in [0.1, 0.15) is 33.2 Å². The number of rotatable bonds is 3. The molecular weight excluding hydrogens is 298 g/mol. The number of nitrogens with zero attached hydrogens (tertiary/aromatic N) is 1. The van der Waals surface area contributed by atoms with Gasteiger partial charge < -0.3 is 0 Å². The zero-order valence-electron chi connectivity index (χ0n) is 12.0. The van der Waals surface area contributed by atoms with Crippen LogP contribution in [0.15, 0.2) is 60.1 Å². The lowest BCUT2D eigenvalue weighted by molar-refractivity contribution is 0.0630. The van der Waals surface area contributed by atoms with Crippen LogP contribution in [0, 0.1) is 0 Å². The summed E-state index contributed by atoms with van der Waals surface area (Å²) in [5.41, 5.74) is 3.95. The van der Waals surface area contributed by atoms with Crippen LogP contribution in [-0.2, 0) is 0 Å². The van der Waals surface area contributed by atoms with Crippen LogP contribution in [0.5, 0.6) is 0 Å². The molecule has 110 valence electrons. The second-order valence-electron chi connectivity index (χ2n) is 5.13. The van der Waals surface area contributed by atoms with E-state index in [2.05, 4.69) is 0 Å². The van der Waals surface area contributed by atoms with Gasteiger partial charge in [0.1, 0.15) is 0 Å². The first-order valence-electron chi connectivity index (χ1n) is 6.97. The van der Waals surface area contributed by atoms with Crippen molar-refractivity contribution in [1.82, 2.24) is 4.90 Å². The van der Waals surface area contributed by atoms with Crippen LogP contribution in [0.2, 0.25) is 0 Å². The largest absolute Gasteiger partial charge is 0.269 e. The number of hydrogen-bond donors (Lipinski definition) is 0. The Kier molecular flexibility index (Phi) is 3.82. The van der Waals surface area contributed by atoms with Crippen molar-refractivity contribution in [1.29, 1.82) is 0 Å². The number of fused-ring (bicyclic) bond motifs is 1. The van der Waals surface area contributed by atoms with Crippen LogP contribution >= 0.6 is 11.6 Å². The van der Waals surface area contributed by atoms with Gasteiger partial charge in [0.15, 0.2) is 0 Å². The van der Waals surface area contributed by atoms with Crippen LogP contribution < -0.4 is 0 Å². The lowest BCUT2D eigenvalue weighted by Gasteiger charge is -2.25. The number of carbonyl (C=O) groups is 2. The summed E-state index contributed by atoms with van der Waals surface area (Å²) in [6.45, 7) is 1.81. The van der Waals surface area contributed by atoms with Gasteiger partial charge in [-0.3, -0.25) is 14.5 Å². The van der Waals surface area contributed by atoms with E-state index in [1.165, 1.54) is 10.4 Å². The fraction of sp³-hybridized carbons (Fsp3) is 0.111. The zero-order valence-corrected chi connectivity index (χ0v) is 12.7. The highest BCUT2D eigenvalue weighted by molar-refractivity contribution is 6.29. The Balaban J connectivity index is 1.98. The molecule has 1 aliphatic rings. The Bertz CT molecular complexity index is 733. The Labute approximate surface area is 133 Å². The maximum atomic E-state index is 12.5. The predicted octanol–water partition coefficient (Wildman–Crippen LogP) is 3.95. The molecule has 2 amide bonds. The van der Waals surface area contributed by atoms with E-state index < -0.39 is 6.04 Å². The number of imide groups is 1. The third-order valence-electron chi connectivity index (χ3n) is 3.89. The molecule has 3 nitrogen and oxygen atoms in total. The van der Waals surface area contributed by atoms with Crippen molar-refractivity contribution in [2.75, 3.05) is 0 Å². The minimum absolute atomic E-state index is 0.278. The molecule has 2 aromatic carbocycles. The fourth-order valence-corrected chi connectivity index (χ4v) is 3.03. The normalized spacial score (nSPS) is 15.9. The van der Waals surface area contributed by atoms with E-state index in [0.29, 0.717) is 11.1 Å². The smallest absolute Gasteiger partial charge is 0.262 e. The number of hydrogen-bond acceptors (Lipinski definition) is 2. The Morgan fingerprint density at radius 2 is 1.45 bits per heavy atom. The van der Waals surface area contributed by atoms with Crippen molar-refractivity contribution in [2.24, 2.45) is 0 Å². The molecular formula is C18H14ClNO2. The van der Waals surface area contributed by atoms with Crippen molar-refractivity contribution >= 4 is 29.0 Å². The summed E-state index contributed by atoms with van der Waals surface area (Å²) in [5, 5.41) is 0. The van der Waals surface area contributed by atoms with E-state index in [1.54, 1.807) is 24.3 Å². The Morgan fingerprint density at radius 3 is 1.95 bits per heavy atom. The van der Waals surface area contributed by atoms with Gasteiger partial charge in [-0.25, -0.2) is 0 Å². The predicted molar refractivity (Wildman–Crippen MR) is 86.7 cm³/mol. The van der Waals surface area contributed by atoms with Crippen LogP contribution in [-0.4, -0.2) is 22.8 Å². The highest BCUT2D eigenvalue weighted by atomic mass is 35.5. The van der Waals surface area contributed by atoms with Crippen molar-refractivity contribution < 1.29 is 9.59 Å². The zero-order chi connectivity index (χ0) is 15.7. The number of amides is 2. The molecule has 1 unspecified atom stereocenters. The first kappa shape index (κ1) is 14.5. The van der Waals surface area contributed by atoms with Gasteiger partial charge in [0.05, 0.1) is 17.2 Å². The molecule has 0 N–H and O–H groups in total. The van der Waals surface area contributed by atoms with Crippen molar-refractivity contribution in [3.63, 3.8) is 0 Å². The SMILES string of the molecule is CC(C(=CCl)c1ccccc1)N1C(=O)c2ccccc2C1=O. The van der Waals surface area contributed by atoms with Crippen molar-refractivity contribution in [3.8, 4) is 0 Å². The maximum Gasteiger partial charge on any atom is 0.262 e. The average molecular weight is 312 g/mol. The molecule has 0 radical (unpaired) electrons. The van der Waals surface area contributed by atoms with E-state index in [-0.39, 0.29) is 11.8 Å². The summed E-state index contributed by atoms with van der Waals surface area (Å²) in [7, 11) is 0. The second-order valence-corrected chi connectivity index (χ2v) is 5.35. The third kappa shape index (κ3) is 2.24. The van der Waals surface area contributed by atoms with E-state index in [4.69, 9.17) is 11.6 Å². The molecule has 0 spiro atoms. The molecule has 2 aromatic rings. The molecule has 4 heteroatoms. The van der Waals surface area contributed by atoms with Gasteiger partial charge in [-0.05, 0) is 30.2 Å². The molecule has 1 atom stereocenters. The Morgan fingerprint density at radius 1 is 0.955 bits per heavy atom. The lowest BCUT2D eigenvalue weighted by Crippen LogP contribution is -2.38. The van der Waals surface area contributed by atoms with Crippen LogP contribution in [0.4, 0.5) is 0 Å². The highest BCUT2D eigenvalue weighted by Gasteiger charge is 2.39. The summed E-state index contributed by atoms with van der Waals surface area (Å²) in [4.78, 5) is 26.3. The highest BCUT2D eigenvalue weighted by Crippen LogP contribution is 2.30. The third-order valence-corrected chi connectivity index (χ3v) is 4.12. The molecule has 0 aromatic heterocycles. The first-order valence-corrected chi connectivity index (χ1v) is 7.41. The monoisotopic (exact) mass is 311 g/mol. The van der Waals surface area contributed by atoms with E-state index in [0.717, 1.165) is 11.1 Å². The molecule has 0 fully saturated rings. The molecule has 0 saturated carbocycles. The van der Waals surface area contributed by atoms with Gasteiger partial charge in [0.2, 0.25) is 0 Å². The number of benzene rings is 2. The first-order chi connectivity index (χ1) is 10.6. The van der Waals surface area contributed by atoms with E-state index >= 15 is 0 Å². The summed E-state index contributed by atoms with van der Waals surface area (Å²) < 4.78 is 0. The minimum atomic E-state index is -0.438. The molecule has 0 bridgehead atoms. The summed E-state index contributed by atoms with van der Waals surface area (Å²) >= 11 is 5.97. The fourth-order valence-electron chi connectivity index (χ4n) is 2.72. The summed E-state index contributed by atoms with van der Waals surface area (Å²) in [6, 6.07) is 15.9. The standard InChI is InChI=1S/C18H14ClNO2/c1-12(16(11-19)13-7-3-2-4-8-13)20-17(21)14-9-5-6-10-15(14)18(20)22/h2-12H,1H3. The molecule has 3 rings (SSSR count). The second kappa shape index (κ2) is 5.78. The van der Waals surface area contributed by atoms with E-state index in [1.807, 2.05) is 37.3 Å². The molecule has 0 aliphatic carbocycles. The van der Waals surface area contributed by atoms with E-state index in [9.17, 15) is 9.59 Å². The van der Waals surface area contributed by atoms with Gasteiger partial charge in [0, 0.05) is 5.54 Å². The molecule has 1 aliphatic heterocycles. The van der Waals surface area contributed by atoms with Gasteiger partial charge >= 0.3 is 0 Å². The van der Waals surface area contributed by atoms with Gasteiger partial charge in [0.25, 0.3) is 11.8 Å². The topological polar surface area (TPSA) is 37.4 Å². The van der Waals surface area contributed by atoms with Crippen LogP contribution in [0.25, 0.3) is 5.57 Å². The lowest BCUT2D eigenvalue weighted by atomic mass is 10.0. The summed E-state index contributed by atoms with van der Waals surface area (Å²) in [5.74, 6) is -0.555. The van der Waals surface area contributed by atoms with Crippen LogP contribution in [0.3, 0.4) is 0 Å². The summed E-state index contributed by atoms with van der Waals surface area (Å²) in [6.07, 6.45) is 0. The number of halogens is 1. The van der Waals surface area contributed by atoms with Crippen molar-refractivity contribution in [3.05, 3.63) is 76.8 Å². The number of carbonyl (C=O) groups excluding carboxylic acids is 2. The van der Waals surface area contributed by atoms with Gasteiger partial charge in [-0.15, -0.1) is 0 Å². The van der Waals surface area contributed by atoms with Crippen molar-refractivity contribution in [2.45, 2.75) is 13.0 Å². The average Bonchev–Trinajstić information content (AvgIpc) is 2.81. The molecule has 0 saturated heterocycles. The van der Waals surface area contributed by atoms with Gasteiger partial charge in [-0.2, -0.15) is 0 Å². The maximum absolute atomic E-state index is 12.5. The minimum Gasteiger partial charge on any atom is -0.269 e. The van der Waals surface area contributed by atoms with Gasteiger partial charge in [-0.1, -0.05) is 54.1 Å². The quantitative estimate of drug-likeness (QED) is 0.805. The molecule has 1 heterocycles. The molecule has 22 heavy (non-hydrogen) atoms.